The van der Waals surface area contributed by atoms with Gasteiger partial charge in [0.15, 0.2) is 0 Å². The molecule has 6 nitrogen and oxygen atoms in total. The number of rotatable bonds is 17. The van der Waals surface area contributed by atoms with E-state index in [4.69, 9.17) is 9.68 Å². The Labute approximate surface area is 273 Å². The molecule has 46 heavy (non-hydrogen) atoms. The van der Waals surface area contributed by atoms with Crippen LogP contribution in [0.2, 0.25) is 0 Å². The summed E-state index contributed by atoms with van der Waals surface area (Å²) in [7, 11) is 0. The average molecular weight is 617 g/mol. The Hall–Kier alpha value is -4.84. The largest absolute Gasteiger partial charge is 0.365 e. The molecular weight excluding hydrogens is 572 g/mol. The molecule has 0 aliphatic rings. The molecule has 0 saturated carbocycles. The first-order valence-electron chi connectivity index (χ1n) is 16.5. The molecule has 4 aromatic carbocycles. The van der Waals surface area contributed by atoms with E-state index in [1.54, 1.807) is 48.5 Å². The molecule has 0 amide bonds. The van der Waals surface area contributed by atoms with Gasteiger partial charge in [-0.25, -0.2) is 9.59 Å². The molecule has 0 aliphatic carbocycles. The summed E-state index contributed by atoms with van der Waals surface area (Å²) in [6.07, 6.45) is 10.2. The van der Waals surface area contributed by atoms with Crippen LogP contribution in [0.15, 0.2) is 120 Å². The molecule has 4 rings (SSSR count). The number of nitrogens with zero attached hydrogens (tertiary/aromatic N) is 2. The smallest absolute Gasteiger partial charge is 0.313 e. The summed E-state index contributed by atoms with van der Waals surface area (Å²) in [5.41, 5.74) is 6.43. The van der Waals surface area contributed by atoms with Crippen LogP contribution in [-0.2, 0) is 9.68 Å². The second kappa shape index (κ2) is 18.8. The summed E-state index contributed by atoms with van der Waals surface area (Å²) in [5, 5.41) is 8.61. The lowest BCUT2D eigenvalue weighted by atomic mass is 9.97. The van der Waals surface area contributed by atoms with Crippen molar-refractivity contribution in [2.45, 2.75) is 78.1 Å². The summed E-state index contributed by atoms with van der Waals surface area (Å²) in [6, 6.07) is 34.2. The van der Waals surface area contributed by atoms with Crippen molar-refractivity contribution in [3.63, 3.8) is 0 Å². The van der Waals surface area contributed by atoms with Crippen LogP contribution in [0, 0.1) is 0 Å². The van der Waals surface area contributed by atoms with Crippen LogP contribution in [0.1, 0.15) is 110 Å². The Bertz CT molecular complexity index is 1440. The SMILES string of the molecule is CCCCCCC(=NOC(=O)c1ccccc1)c1ccc(-c2ccc(C(CCCCCC)=NOC(=O)c3ccccc3)cc2)cc1. The molecular formula is C40H44N2O4. The number of carbonyl (C=O) groups is 2. The molecule has 0 heterocycles. The van der Waals surface area contributed by atoms with E-state index in [1.165, 1.54) is 0 Å². The van der Waals surface area contributed by atoms with Gasteiger partial charge in [-0.05, 0) is 72.2 Å². The molecule has 0 radical (unpaired) electrons. The van der Waals surface area contributed by atoms with Gasteiger partial charge in [0.25, 0.3) is 0 Å². The van der Waals surface area contributed by atoms with Crippen LogP contribution in [0.25, 0.3) is 11.1 Å². The maximum absolute atomic E-state index is 12.5. The summed E-state index contributed by atoms with van der Waals surface area (Å²) < 4.78 is 0. The highest BCUT2D eigenvalue weighted by Gasteiger charge is 2.12. The van der Waals surface area contributed by atoms with Crippen LogP contribution in [0.3, 0.4) is 0 Å². The maximum Gasteiger partial charge on any atom is 0.365 e. The van der Waals surface area contributed by atoms with Crippen molar-refractivity contribution in [1.29, 1.82) is 0 Å². The molecule has 0 aromatic heterocycles. The van der Waals surface area contributed by atoms with E-state index in [-0.39, 0.29) is 0 Å². The third kappa shape index (κ3) is 10.7. The van der Waals surface area contributed by atoms with E-state index >= 15 is 0 Å². The maximum atomic E-state index is 12.5. The van der Waals surface area contributed by atoms with E-state index in [2.05, 4.69) is 48.4 Å². The van der Waals surface area contributed by atoms with Crippen molar-refractivity contribution in [3.05, 3.63) is 131 Å². The predicted molar refractivity (Wildman–Crippen MR) is 186 cm³/mol. The summed E-state index contributed by atoms with van der Waals surface area (Å²) >= 11 is 0. The Morgan fingerprint density at radius 1 is 0.457 bits per heavy atom. The summed E-state index contributed by atoms with van der Waals surface area (Å²) in [4.78, 5) is 35.8. The van der Waals surface area contributed by atoms with E-state index in [0.717, 1.165) is 97.9 Å². The molecule has 0 atom stereocenters. The number of unbranched alkanes of at least 4 members (excludes halogenated alkanes) is 6. The molecule has 0 N–H and O–H groups in total. The topological polar surface area (TPSA) is 77.3 Å². The lowest BCUT2D eigenvalue weighted by Gasteiger charge is -2.10. The van der Waals surface area contributed by atoms with Gasteiger partial charge in [-0.15, -0.1) is 0 Å². The van der Waals surface area contributed by atoms with Gasteiger partial charge in [0.05, 0.1) is 22.6 Å². The van der Waals surface area contributed by atoms with Gasteiger partial charge in [-0.2, -0.15) is 0 Å². The minimum atomic E-state index is -0.466. The van der Waals surface area contributed by atoms with Crippen LogP contribution in [0.5, 0.6) is 0 Å². The van der Waals surface area contributed by atoms with Gasteiger partial charge in [-0.1, -0.05) is 148 Å². The van der Waals surface area contributed by atoms with Crippen LogP contribution >= 0.6 is 0 Å². The minimum Gasteiger partial charge on any atom is -0.313 e. The fraction of sp³-hybridized carbons (Fsp3) is 0.300. The third-order valence-electron chi connectivity index (χ3n) is 7.80. The Morgan fingerprint density at radius 3 is 1.17 bits per heavy atom. The van der Waals surface area contributed by atoms with Crippen molar-refractivity contribution in [2.24, 2.45) is 10.3 Å². The number of carbonyl (C=O) groups excluding carboxylic acids is 2. The zero-order valence-corrected chi connectivity index (χ0v) is 27.0. The number of benzene rings is 4. The fourth-order valence-electron chi connectivity index (χ4n) is 5.08. The highest BCUT2D eigenvalue weighted by atomic mass is 16.7. The van der Waals surface area contributed by atoms with Crippen molar-refractivity contribution >= 4 is 23.4 Å². The van der Waals surface area contributed by atoms with Crippen LogP contribution < -0.4 is 0 Å². The second-order valence-corrected chi connectivity index (χ2v) is 11.3. The highest BCUT2D eigenvalue weighted by Crippen LogP contribution is 2.23. The van der Waals surface area contributed by atoms with Crippen molar-refractivity contribution in [2.75, 3.05) is 0 Å². The fourth-order valence-corrected chi connectivity index (χ4v) is 5.08. The van der Waals surface area contributed by atoms with E-state index in [9.17, 15) is 9.59 Å². The minimum absolute atomic E-state index is 0.466. The Balaban J connectivity index is 1.48. The highest BCUT2D eigenvalue weighted by molar-refractivity contribution is 6.02. The molecule has 6 heteroatoms. The normalized spacial score (nSPS) is 11.7. The first kappa shape index (κ1) is 34.0. The first-order chi connectivity index (χ1) is 22.6. The van der Waals surface area contributed by atoms with Gasteiger partial charge in [0, 0.05) is 0 Å². The third-order valence-corrected chi connectivity index (χ3v) is 7.80. The zero-order chi connectivity index (χ0) is 32.4. The van der Waals surface area contributed by atoms with Crippen molar-refractivity contribution in [3.8, 4) is 11.1 Å². The van der Waals surface area contributed by atoms with E-state index in [0.29, 0.717) is 11.1 Å². The molecule has 0 bridgehead atoms. The predicted octanol–water partition coefficient (Wildman–Crippen LogP) is 10.4. The number of hydrogen-bond acceptors (Lipinski definition) is 6. The molecule has 238 valence electrons. The quantitative estimate of drug-likeness (QED) is 0.0512. The van der Waals surface area contributed by atoms with E-state index < -0.39 is 11.9 Å². The molecule has 0 aliphatic heterocycles. The molecule has 0 fully saturated rings. The number of hydrogen-bond donors (Lipinski definition) is 0. The lowest BCUT2D eigenvalue weighted by Crippen LogP contribution is -2.07. The van der Waals surface area contributed by atoms with Crippen LogP contribution in [-0.4, -0.2) is 23.4 Å². The zero-order valence-electron chi connectivity index (χ0n) is 27.0. The van der Waals surface area contributed by atoms with Crippen LogP contribution in [0.4, 0.5) is 0 Å². The van der Waals surface area contributed by atoms with Crippen molar-refractivity contribution in [1.82, 2.24) is 0 Å². The molecule has 0 saturated heterocycles. The van der Waals surface area contributed by atoms with Gasteiger partial charge in [0.1, 0.15) is 0 Å². The Morgan fingerprint density at radius 2 is 0.826 bits per heavy atom. The average Bonchev–Trinajstić information content (AvgIpc) is 3.11. The summed E-state index contributed by atoms with van der Waals surface area (Å²) in [5.74, 6) is -0.932. The Kier molecular flexibility index (Phi) is 13.9. The van der Waals surface area contributed by atoms with Crippen molar-refractivity contribution < 1.29 is 19.3 Å². The molecule has 0 spiro atoms. The summed E-state index contributed by atoms with van der Waals surface area (Å²) in [6.45, 7) is 4.37. The van der Waals surface area contributed by atoms with Gasteiger partial charge < -0.3 is 9.68 Å². The van der Waals surface area contributed by atoms with Gasteiger partial charge in [0.2, 0.25) is 0 Å². The van der Waals surface area contributed by atoms with Gasteiger partial charge in [-0.3, -0.25) is 0 Å². The monoisotopic (exact) mass is 616 g/mol. The standard InChI is InChI=1S/C40H44N2O4/c1-3-5-7-15-21-37(41-45-39(43)35-17-11-9-12-18-35)33-27-23-31(24-28-33)32-25-29-34(30-26-32)38(22-16-8-6-4-2)42-46-40(44)36-19-13-10-14-20-36/h9-14,17-20,23-30H,3-8,15-16,21-22H2,1-2H3. The number of oxime groups is 2. The second-order valence-electron chi connectivity index (χ2n) is 11.3. The van der Waals surface area contributed by atoms with E-state index in [1.807, 2.05) is 36.4 Å². The first-order valence-corrected chi connectivity index (χ1v) is 16.5. The molecule has 4 aromatic rings. The van der Waals surface area contributed by atoms with Gasteiger partial charge >= 0.3 is 11.9 Å². The lowest BCUT2D eigenvalue weighted by molar-refractivity contribution is 0.0507. The molecule has 0 unspecified atom stereocenters.